The van der Waals surface area contributed by atoms with Gasteiger partial charge >= 0.3 is 0 Å². The Morgan fingerprint density at radius 3 is 2.26 bits per heavy atom. The van der Waals surface area contributed by atoms with Crippen molar-refractivity contribution in [2.24, 2.45) is 0 Å². The molecule has 162 valence electrons. The van der Waals surface area contributed by atoms with Crippen molar-refractivity contribution < 1.29 is 19.1 Å². The molecule has 2 aromatic carbocycles. The zero-order chi connectivity index (χ0) is 22.3. The molecule has 0 bridgehead atoms. The van der Waals surface area contributed by atoms with Crippen LogP contribution in [0.5, 0.6) is 5.75 Å². The Morgan fingerprint density at radius 2 is 1.65 bits per heavy atom. The Hall–Kier alpha value is -2.83. The molecule has 0 N–H and O–H groups in total. The molecule has 2 amide bonds. The summed E-state index contributed by atoms with van der Waals surface area (Å²) in [5.74, 6) is -0.377. The molecule has 2 aromatic rings. The number of halogens is 1. The summed E-state index contributed by atoms with van der Waals surface area (Å²) in [5, 5.41) is 0.412. The summed E-state index contributed by atoms with van der Waals surface area (Å²) in [7, 11) is 1.50. The van der Waals surface area contributed by atoms with Gasteiger partial charge in [0.25, 0.3) is 11.8 Å². The van der Waals surface area contributed by atoms with E-state index in [1.54, 1.807) is 18.2 Å². The molecule has 0 radical (unpaired) electrons. The van der Waals surface area contributed by atoms with Crippen molar-refractivity contribution in [2.75, 3.05) is 25.1 Å². The van der Waals surface area contributed by atoms with E-state index in [9.17, 15) is 9.59 Å². The van der Waals surface area contributed by atoms with Gasteiger partial charge in [0.05, 0.1) is 30.6 Å². The highest BCUT2D eigenvalue weighted by Crippen LogP contribution is 2.40. The molecular formula is C24H25ClN2O4. The number of benzene rings is 2. The number of nitrogens with zero attached hydrogens (tertiary/aromatic N) is 2. The third kappa shape index (κ3) is 3.93. The number of carbonyl (C=O) groups is 2. The largest absolute Gasteiger partial charge is 0.495 e. The van der Waals surface area contributed by atoms with E-state index in [1.807, 2.05) is 49.9 Å². The van der Waals surface area contributed by atoms with Gasteiger partial charge in [0.2, 0.25) is 0 Å². The first-order valence-corrected chi connectivity index (χ1v) is 10.6. The van der Waals surface area contributed by atoms with Crippen LogP contribution in [0, 0.1) is 6.92 Å². The molecule has 2 unspecified atom stereocenters. The molecule has 7 heteroatoms. The van der Waals surface area contributed by atoms with E-state index in [4.69, 9.17) is 21.1 Å². The molecule has 1 saturated heterocycles. The Kier molecular flexibility index (Phi) is 5.77. The molecule has 31 heavy (non-hydrogen) atoms. The minimum Gasteiger partial charge on any atom is -0.495 e. The molecule has 0 spiro atoms. The second-order valence-electron chi connectivity index (χ2n) is 8.01. The van der Waals surface area contributed by atoms with Crippen LogP contribution in [0.3, 0.4) is 0 Å². The highest BCUT2D eigenvalue weighted by molar-refractivity contribution is 6.46. The number of hydrogen-bond acceptors (Lipinski definition) is 5. The van der Waals surface area contributed by atoms with E-state index in [0.29, 0.717) is 46.4 Å². The molecule has 2 atom stereocenters. The molecule has 1 fully saturated rings. The summed E-state index contributed by atoms with van der Waals surface area (Å²) in [5.41, 5.74) is 2.88. The number of anilines is 1. The smallest absolute Gasteiger partial charge is 0.282 e. The van der Waals surface area contributed by atoms with Crippen molar-refractivity contribution >= 4 is 34.7 Å². The minimum absolute atomic E-state index is 0.0619. The molecular weight excluding hydrogens is 416 g/mol. The number of methoxy groups -OCH3 is 1. The third-order valence-corrected chi connectivity index (χ3v) is 5.75. The Balaban J connectivity index is 1.87. The van der Waals surface area contributed by atoms with Crippen LogP contribution in [0.15, 0.2) is 48.2 Å². The van der Waals surface area contributed by atoms with Crippen molar-refractivity contribution in [1.29, 1.82) is 0 Å². The first-order chi connectivity index (χ1) is 14.8. The summed E-state index contributed by atoms with van der Waals surface area (Å²) in [6, 6.07) is 12.5. The quantitative estimate of drug-likeness (QED) is 0.671. The van der Waals surface area contributed by atoms with Crippen LogP contribution in [0.2, 0.25) is 5.02 Å². The molecule has 0 aliphatic carbocycles. The fraction of sp³-hybridized carbons (Fsp3) is 0.333. The first kappa shape index (κ1) is 21.4. The third-order valence-electron chi connectivity index (χ3n) is 5.52. The molecule has 0 aromatic heterocycles. The maximum atomic E-state index is 13.7. The van der Waals surface area contributed by atoms with Gasteiger partial charge in [-0.05, 0) is 44.5 Å². The van der Waals surface area contributed by atoms with Gasteiger partial charge in [0.1, 0.15) is 11.4 Å². The van der Waals surface area contributed by atoms with Gasteiger partial charge in [-0.15, -0.1) is 0 Å². The number of amides is 2. The van der Waals surface area contributed by atoms with E-state index < -0.39 is 5.91 Å². The van der Waals surface area contributed by atoms with Gasteiger partial charge < -0.3 is 14.4 Å². The van der Waals surface area contributed by atoms with E-state index in [0.717, 1.165) is 5.56 Å². The number of hydrogen-bond donors (Lipinski definition) is 0. The van der Waals surface area contributed by atoms with Crippen LogP contribution in [0.25, 0.3) is 5.57 Å². The second kappa shape index (κ2) is 8.36. The van der Waals surface area contributed by atoms with E-state index in [1.165, 1.54) is 12.0 Å². The van der Waals surface area contributed by atoms with Crippen molar-refractivity contribution in [2.45, 2.75) is 33.0 Å². The lowest BCUT2D eigenvalue weighted by Gasteiger charge is -2.37. The molecule has 4 rings (SSSR count). The summed E-state index contributed by atoms with van der Waals surface area (Å²) < 4.78 is 11.3. The van der Waals surface area contributed by atoms with Gasteiger partial charge in [-0.3, -0.25) is 9.59 Å². The molecule has 2 heterocycles. The normalized spacial score (nSPS) is 21.8. The summed E-state index contributed by atoms with van der Waals surface area (Å²) in [4.78, 5) is 30.5. The summed E-state index contributed by atoms with van der Waals surface area (Å²) in [6.07, 6.45) is -0.124. The number of carbonyl (C=O) groups excluding carboxylic acids is 2. The lowest BCUT2D eigenvalue weighted by molar-refractivity contribution is -0.121. The van der Waals surface area contributed by atoms with Gasteiger partial charge in [0, 0.05) is 18.1 Å². The van der Waals surface area contributed by atoms with Crippen molar-refractivity contribution in [3.05, 3.63) is 64.3 Å². The Bertz CT molecular complexity index is 1050. The van der Waals surface area contributed by atoms with E-state index in [2.05, 4.69) is 0 Å². The zero-order valence-corrected chi connectivity index (χ0v) is 18.8. The van der Waals surface area contributed by atoms with Crippen LogP contribution in [0.1, 0.15) is 25.0 Å². The minimum atomic E-state index is -0.392. The fourth-order valence-corrected chi connectivity index (χ4v) is 4.38. The van der Waals surface area contributed by atoms with Crippen molar-refractivity contribution in [3.63, 3.8) is 0 Å². The van der Waals surface area contributed by atoms with Gasteiger partial charge in [-0.1, -0.05) is 41.4 Å². The highest BCUT2D eigenvalue weighted by Gasteiger charge is 2.44. The van der Waals surface area contributed by atoms with Crippen LogP contribution < -0.4 is 9.64 Å². The standard InChI is InChI=1S/C24H25ClN2O4/c1-14-5-7-17(8-6-14)21-22(26-12-15(2)31-16(3)13-26)24(29)27(23(21)28)19-11-18(25)9-10-20(19)30-4/h5-11,15-16H,12-13H2,1-4H3. The number of ether oxygens (including phenoxy) is 2. The monoisotopic (exact) mass is 440 g/mol. The molecule has 2 aliphatic rings. The number of aryl methyl sites for hydroxylation is 1. The summed E-state index contributed by atoms with van der Waals surface area (Å²) in [6.45, 7) is 6.96. The average molecular weight is 441 g/mol. The Labute approximate surface area is 187 Å². The maximum absolute atomic E-state index is 13.7. The molecule has 2 aliphatic heterocycles. The van der Waals surface area contributed by atoms with Gasteiger partial charge in [-0.25, -0.2) is 4.90 Å². The lowest BCUT2D eigenvalue weighted by atomic mass is 10.0. The van der Waals surface area contributed by atoms with Crippen LogP contribution >= 0.6 is 11.6 Å². The maximum Gasteiger partial charge on any atom is 0.282 e. The van der Waals surface area contributed by atoms with E-state index in [-0.39, 0.29) is 18.1 Å². The van der Waals surface area contributed by atoms with Crippen molar-refractivity contribution in [3.8, 4) is 5.75 Å². The number of imide groups is 1. The fourth-order valence-electron chi connectivity index (χ4n) is 4.21. The predicted octanol–water partition coefficient (Wildman–Crippen LogP) is 4.05. The number of morpholine rings is 1. The topological polar surface area (TPSA) is 59.1 Å². The van der Waals surface area contributed by atoms with Crippen LogP contribution in [-0.2, 0) is 14.3 Å². The molecule has 6 nitrogen and oxygen atoms in total. The highest BCUT2D eigenvalue weighted by atomic mass is 35.5. The lowest BCUT2D eigenvalue weighted by Crippen LogP contribution is -2.47. The van der Waals surface area contributed by atoms with Crippen LogP contribution in [0.4, 0.5) is 5.69 Å². The summed E-state index contributed by atoms with van der Waals surface area (Å²) >= 11 is 6.20. The Morgan fingerprint density at radius 1 is 1.00 bits per heavy atom. The van der Waals surface area contributed by atoms with Gasteiger partial charge in [-0.2, -0.15) is 0 Å². The van der Waals surface area contributed by atoms with E-state index >= 15 is 0 Å². The van der Waals surface area contributed by atoms with Crippen molar-refractivity contribution in [1.82, 2.24) is 4.90 Å². The predicted molar refractivity (Wildman–Crippen MR) is 120 cm³/mol. The average Bonchev–Trinajstić information content (AvgIpc) is 2.98. The zero-order valence-electron chi connectivity index (χ0n) is 18.0. The van der Waals surface area contributed by atoms with Crippen LogP contribution in [-0.4, -0.2) is 49.1 Å². The number of rotatable bonds is 4. The SMILES string of the molecule is COc1ccc(Cl)cc1N1C(=O)C(c2ccc(C)cc2)=C(N2CC(C)OC(C)C2)C1=O. The first-order valence-electron chi connectivity index (χ1n) is 10.2. The molecule has 0 saturated carbocycles. The van der Waals surface area contributed by atoms with Gasteiger partial charge in [0.15, 0.2) is 0 Å². The second-order valence-corrected chi connectivity index (χ2v) is 8.45.